The SMILES string of the molecule is CCC(Br)C1CC2C=CC1C2. The van der Waals surface area contributed by atoms with Crippen molar-refractivity contribution >= 4 is 15.9 Å². The molecule has 4 atom stereocenters. The third kappa shape index (κ3) is 1.28. The molecule has 1 saturated carbocycles. The number of fused-ring (bicyclic) bond motifs is 2. The lowest BCUT2D eigenvalue weighted by Crippen LogP contribution is -2.17. The highest BCUT2D eigenvalue weighted by Crippen LogP contribution is 2.47. The van der Waals surface area contributed by atoms with Crippen LogP contribution in [0.25, 0.3) is 0 Å². The molecule has 0 saturated heterocycles. The smallest absolute Gasteiger partial charge is 0.0177 e. The van der Waals surface area contributed by atoms with Gasteiger partial charge in [0.15, 0.2) is 0 Å². The van der Waals surface area contributed by atoms with Crippen LogP contribution in [0.1, 0.15) is 26.2 Å². The van der Waals surface area contributed by atoms with E-state index in [-0.39, 0.29) is 0 Å². The molecule has 0 amide bonds. The minimum Gasteiger partial charge on any atom is -0.0888 e. The standard InChI is InChI=1S/C10H15Br/c1-2-10(11)9-6-7-3-4-8(9)5-7/h3-4,7-10H,2,5-6H2,1H3. The quantitative estimate of drug-likeness (QED) is 0.489. The molecule has 2 aliphatic rings. The van der Waals surface area contributed by atoms with E-state index in [9.17, 15) is 0 Å². The minimum atomic E-state index is 0.766. The van der Waals surface area contributed by atoms with Crippen molar-refractivity contribution in [2.24, 2.45) is 17.8 Å². The number of allylic oxidation sites excluding steroid dienone is 2. The lowest BCUT2D eigenvalue weighted by atomic mass is 9.90. The van der Waals surface area contributed by atoms with E-state index >= 15 is 0 Å². The van der Waals surface area contributed by atoms with Crippen molar-refractivity contribution in [1.29, 1.82) is 0 Å². The predicted molar refractivity (Wildman–Crippen MR) is 51.9 cm³/mol. The third-order valence-electron chi connectivity index (χ3n) is 3.18. The first-order valence-corrected chi connectivity index (χ1v) is 5.55. The van der Waals surface area contributed by atoms with E-state index in [4.69, 9.17) is 0 Å². The first kappa shape index (κ1) is 7.85. The van der Waals surface area contributed by atoms with Crippen molar-refractivity contribution in [3.63, 3.8) is 0 Å². The predicted octanol–water partition coefficient (Wildman–Crippen LogP) is 3.37. The maximum absolute atomic E-state index is 3.77. The zero-order valence-corrected chi connectivity index (χ0v) is 8.55. The molecule has 62 valence electrons. The van der Waals surface area contributed by atoms with Gasteiger partial charge in [0, 0.05) is 4.83 Å². The monoisotopic (exact) mass is 214 g/mol. The largest absolute Gasteiger partial charge is 0.0888 e. The van der Waals surface area contributed by atoms with Gasteiger partial charge in [0.05, 0.1) is 0 Å². The first-order chi connectivity index (χ1) is 5.31. The molecule has 0 heterocycles. The molecule has 0 radical (unpaired) electrons. The molecule has 4 unspecified atom stereocenters. The molecule has 11 heavy (non-hydrogen) atoms. The van der Waals surface area contributed by atoms with E-state index < -0.39 is 0 Å². The molecule has 1 heteroatoms. The average molecular weight is 215 g/mol. The lowest BCUT2D eigenvalue weighted by Gasteiger charge is -2.22. The molecule has 2 aliphatic carbocycles. The Labute approximate surface area is 77.2 Å². The molecule has 2 rings (SSSR count). The van der Waals surface area contributed by atoms with E-state index in [1.165, 1.54) is 19.3 Å². The minimum absolute atomic E-state index is 0.766. The zero-order chi connectivity index (χ0) is 7.84. The van der Waals surface area contributed by atoms with Gasteiger partial charge in [-0.1, -0.05) is 35.0 Å². The Morgan fingerprint density at radius 2 is 2.27 bits per heavy atom. The molecular weight excluding hydrogens is 200 g/mol. The second kappa shape index (κ2) is 2.93. The fourth-order valence-electron chi connectivity index (χ4n) is 2.54. The molecule has 0 nitrogen and oxygen atoms in total. The molecule has 2 bridgehead atoms. The summed E-state index contributed by atoms with van der Waals surface area (Å²) in [5.41, 5.74) is 0. The molecule has 0 aromatic heterocycles. The normalized spacial score (nSPS) is 43.3. The van der Waals surface area contributed by atoms with Crippen molar-refractivity contribution in [2.75, 3.05) is 0 Å². The van der Waals surface area contributed by atoms with Gasteiger partial charge in [-0.15, -0.1) is 0 Å². The van der Waals surface area contributed by atoms with Crippen LogP contribution in [0.4, 0.5) is 0 Å². The van der Waals surface area contributed by atoms with Gasteiger partial charge in [0.2, 0.25) is 0 Å². The van der Waals surface area contributed by atoms with Crippen LogP contribution in [-0.2, 0) is 0 Å². The summed E-state index contributed by atoms with van der Waals surface area (Å²) in [6.07, 6.45) is 9.00. The van der Waals surface area contributed by atoms with Gasteiger partial charge in [-0.05, 0) is 37.0 Å². The maximum Gasteiger partial charge on any atom is 0.0177 e. The fourth-order valence-corrected chi connectivity index (χ4v) is 3.15. The molecule has 1 fully saturated rings. The van der Waals surface area contributed by atoms with Crippen LogP contribution >= 0.6 is 15.9 Å². The van der Waals surface area contributed by atoms with Crippen molar-refractivity contribution in [2.45, 2.75) is 31.0 Å². The van der Waals surface area contributed by atoms with Crippen LogP contribution in [0, 0.1) is 17.8 Å². The second-order valence-electron chi connectivity index (χ2n) is 3.87. The van der Waals surface area contributed by atoms with Gasteiger partial charge >= 0.3 is 0 Å². The molecular formula is C10H15Br. The van der Waals surface area contributed by atoms with E-state index in [0.29, 0.717) is 0 Å². The highest BCUT2D eigenvalue weighted by Gasteiger charge is 2.38. The summed E-state index contributed by atoms with van der Waals surface area (Å²) in [6.45, 7) is 2.27. The van der Waals surface area contributed by atoms with Crippen LogP contribution in [0.5, 0.6) is 0 Å². The topological polar surface area (TPSA) is 0 Å². The molecule has 0 N–H and O–H groups in total. The molecule has 0 aromatic rings. The van der Waals surface area contributed by atoms with Gasteiger partial charge < -0.3 is 0 Å². The van der Waals surface area contributed by atoms with Gasteiger partial charge in [0.25, 0.3) is 0 Å². The van der Waals surface area contributed by atoms with E-state index in [2.05, 4.69) is 35.0 Å². The van der Waals surface area contributed by atoms with Crippen LogP contribution in [0.2, 0.25) is 0 Å². The molecule has 0 aromatic carbocycles. The van der Waals surface area contributed by atoms with Crippen LogP contribution in [0.3, 0.4) is 0 Å². The number of hydrogen-bond acceptors (Lipinski definition) is 0. The third-order valence-corrected chi connectivity index (χ3v) is 4.51. The summed E-state index contributed by atoms with van der Waals surface area (Å²) in [5.74, 6) is 2.77. The summed E-state index contributed by atoms with van der Waals surface area (Å²) in [5, 5.41) is 0. The number of halogens is 1. The lowest BCUT2D eigenvalue weighted by molar-refractivity contribution is 0.429. The van der Waals surface area contributed by atoms with Crippen LogP contribution in [-0.4, -0.2) is 4.83 Å². The summed E-state index contributed by atoms with van der Waals surface area (Å²) in [6, 6.07) is 0. The van der Waals surface area contributed by atoms with Gasteiger partial charge in [-0.25, -0.2) is 0 Å². The van der Waals surface area contributed by atoms with Gasteiger partial charge in [-0.3, -0.25) is 0 Å². The van der Waals surface area contributed by atoms with Gasteiger partial charge in [-0.2, -0.15) is 0 Å². The number of alkyl halides is 1. The highest BCUT2D eigenvalue weighted by atomic mass is 79.9. The second-order valence-corrected chi connectivity index (χ2v) is 5.04. The first-order valence-electron chi connectivity index (χ1n) is 4.63. The Balaban J connectivity index is 2.02. The number of hydrogen-bond donors (Lipinski definition) is 0. The van der Waals surface area contributed by atoms with E-state index in [0.717, 1.165) is 22.6 Å². The van der Waals surface area contributed by atoms with Crippen molar-refractivity contribution in [3.05, 3.63) is 12.2 Å². The Hall–Kier alpha value is 0.220. The van der Waals surface area contributed by atoms with E-state index in [1.807, 2.05) is 0 Å². The summed E-state index contributed by atoms with van der Waals surface area (Å²) < 4.78 is 0. The van der Waals surface area contributed by atoms with Crippen LogP contribution < -0.4 is 0 Å². The summed E-state index contributed by atoms with van der Waals surface area (Å²) >= 11 is 3.77. The van der Waals surface area contributed by atoms with Crippen molar-refractivity contribution in [1.82, 2.24) is 0 Å². The van der Waals surface area contributed by atoms with Crippen molar-refractivity contribution in [3.8, 4) is 0 Å². The van der Waals surface area contributed by atoms with Crippen molar-refractivity contribution < 1.29 is 0 Å². The Morgan fingerprint density at radius 1 is 1.45 bits per heavy atom. The molecule has 0 spiro atoms. The van der Waals surface area contributed by atoms with Crippen LogP contribution in [0.15, 0.2) is 12.2 Å². The van der Waals surface area contributed by atoms with Gasteiger partial charge in [0.1, 0.15) is 0 Å². The van der Waals surface area contributed by atoms with E-state index in [1.54, 1.807) is 0 Å². The summed E-state index contributed by atoms with van der Waals surface area (Å²) in [4.78, 5) is 0.766. The Morgan fingerprint density at radius 3 is 2.73 bits per heavy atom. The maximum atomic E-state index is 3.77. The average Bonchev–Trinajstić information content (AvgIpc) is 2.62. The number of rotatable bonds is 2. The molecule has 0 aliphatic heterocycles. The summed E-state index contributed by atoms with van der Waals surface area (Å²) in [7, 11) is 0. The highest BCUT2D eigenvalue weighted by molar-refractivity contribution is 9.09. The Kier molecular flexibility index (Phi) is 2.09. The Bertz CT molecular complexity index is 174. The fraction of sp³-hybridized carbons (Fsp3) is 0.800. The zero-order valence-electron chi connectivity index (χ0n) is 6.96.